The topological polar surface area (TPSA) is 82.3 Å². The summed E-state index contributed by atoms with van der Waals surface area (Å²) in [6.45, 7) is 0. The number of sulfone groups is 1. The second kappa shape index (κ2) is 8.54. The minimum Gasteiger partial charge on any atom is -0.507 e. The molecular formula is C16H10BrClKN3O2S. The van der Waals surface area contributed by atoms with Gasteiger partial charge in [0.05, 0.1) is 21.9 Å². The maximum Gasteiger partial charge on any atom is 1.00 e. The van der Waals surface area contributed by atoms with Crippen LogP contribution in [0.2, 0.25) is 0 Å². The molecule has 122 valence electrons. The van der Waals surface area contributed by atoms with Crippen molar-refractivity contribution in [2.75, 3.05) is 5.32 Å². The molecule has 1 N–H and O–H groups in total. The molecule has 3 rings (SSSR count). The van der Waals surface area contributed by atoms with Gasteiger partial charge in [-0.15, -0.1) is 11.6 Å². The third-order valence-corrected chi connectivity index (χ3v) is 6.15. The molecule has 1 atom stereocenters. The fourth-order valence-electron chi connectivity index (χ4n) is 2.26. The van der Waals surface area contributed by atoms with E-state index in [1.807, 2.05) is 6.07 Å². The smallest absolute Gasteiger partial charge is 0.507 e. The van der Waals surface area contributed by atoms with Crippen LogP contribution in [0.3, 0.4) is 0 Å². The Hall–Kier alpha value is -0.374. The first kappa shape index (κ1) is 20.9. The first-order valence-electron chi connectivity index (χ1n) is 6.80. The normalized spacial score (nSPS) is 14.3. The van der Waals surface area contributed by atoms with Crippen LogP contribution in [-0.4, -0.2) is 18.8 Å². The van der Waals surface area contributed by atoms with Crippen molar-refractivity contribution in [2.24, 2.45) is 4.99 Å². The van der Waals surface area contributed by atoms with Crippen LogP contribution in [0, 0.1) is 17.4 Å². The number of halogens is 2. The van der Waals surface area contributed by atoms with E-state index in [1.165, 1.54) is 12.1 Å². The van der Waals surface area contributed by atoms with Crippen LogP contribution in [0.4, 0.5) is 11.4 Å². The van der Waals surface area contributed by atoms with Crippen molar-refractivity contribution < 1.29 is 59.8 Å². The Morgan fingerprint density at radius 3 is 2.48 bits per heavy atom. The molecule has 0 saturated heterocycles. The van der Waals surface area contributed by atoms with Gasteiger partial charge in [0.15, 0.2) is 9.84 Å². The summed E-state index contributed by atoms with van der Waals surface area (Å²) in [4.78, 5) is 4.21. The predicted octanol–water partition coefficient (Wildman–Crippen LogP) is 1.05. The van der Waals surface area contributed by atoms with Crippen LogP contribution < -0.4 is 56.7 Å². The molecule has 1 aliphatic heterocycles. The van der Waals surface area contributed by atoms with Crippen molar-refractivity contribution in [1.82, 2.24) is 0 Å². The summed E-state index contributed by atoms with van der Waals surface area (Å²) in [5, 5.41) is 10.9. The van der Waals surface area contributed by atoms with Gasteiger partial charge in [-0.2, -0.15) is 5.26 Å². The van der Waals surface area contributed by atoms with Gasteiger partial charge in [-0.05, 0) is 41.6 Å². The molecule has 9 heteroatoms. The number of hydrogen-bond acceptors (Lipinski definition) is 5. The molecule has 25 heavy (non-hydrogen) atoms. The number of nitrogens with zero attached hydrogens (tertiary/aromatic N) is 2. The van der Waals surface area contributed by atoms with Crippen LogP contribution in [0.5, 0.6) is 0 Å². The molecule has 2 aromatic carbocycles. The Balaban J connectivity index is 0.00000225. The zero-order valence-electron chi connectivity index (χ0n) is 13.1. The van der Waals surface area contributed by atoms with Gasteiger partial charge in [0, 0.05) is 10.2 Å². The average molecular weight is 463 g/mol. The van der Waals surface area contributed by atoms with Crippen molar-refractivity contribution in [1.29, 1.82) is 5.26 Å². The van der Waals surface area contributed by atoms with E-state index in [4.69, 9.17) is 11.6 Å². The molecular weight excluding hydrogens is 453 g/mol. The summed E-state index contributed by atoms with van der Waals surface area (Å²) in [6.07, 6.45) is 0. The van der Waals surface area contributed by atoms with Crippen LogP contribution in [0.15, 0.2) is 62.9 Å². The molecule has 0 aliphatic carbocycles. The Morgan fingerprint density at radius 2 is 1.84 bits per heavy atom. The standard InChI is InChI=1S/C16H10BrClN3O2S.K/c17-10-5-7-11(8-6-10)24(22,23)14(9-19)15-16(18)21-13-4-2-1-3-12(13)20-15;/h1-8,14,20H;/q-1;+1. The van der Waals surface area contributed by atoms with Crippen LogP contribution in [0.1, 0.15) is 0 Å². The molecule has 1 aliphatic rings. The number of aliphatic imine (C=N–C) groups is 1. The molecule has 2 aromatic rings. The second-order valence-electron chi connectivity index (χ2n) is 4.97. The monoisotopic (exact) mass is 461 g/mol. The van der Waals surface area contributed by atoms with Gasteiger partial charge in [0.2, 0.25) is 0 Å². The quantitative estimate of drug-likeness (QED) is 0.546. The van der Waals surface area contributed by atoms with Crippen molar-refractivity contribution in [3.8, 4) is 6.07 Å². The van der Waals surface area contributed by atoms with E-state index >= 15 is 0 Å². The van der Waals surface area contributed by atoms with E-state index < -0.39 is 15.1 Å². The number of rotatable bonds is 3. The number of benzene rings is 2. The number of hydrogen-bond donors (Lipinski definition) is 1. The molecule has 1 unspecified atom stereocenters. The molecule has 0 amide bonds. The first-order valence-corrected chi connectivity index (χ1v) is 9.52. The summed E-state index contributed by atoms with van der Waals surface area (Å²) in [6, 6.07) is 15.0. The zero-order chi connectivity index (χ0) is 17.3. The third-order valence-electron chi connectivity index (χ3n) is 3.45. The van der Waals surface area contributed by atoms with Gasteiger partial charge < -0.3 is 5.32 Å². The Bertz CT molecular complexity index is 958. The van der Waals surface area contributed by atoms with Crippen molar-refractivity contribution in [2.45, 2.75) is 10.1 Å². The van der Waals surface area contributed by atoms with Gasteiger partial charge in [-0.1, -0.05) is 28.1 Å². The van der Waals surface area contributed by atoms with Crippen LogP contribution in [0.25, 0.3) is 0 Å². The van der Waals surface area contributed by atoms with Crippen LogP contribution >= 0.6 is 27.5 Å². The third kappa shape index (κ3) is 4.31. The molecule has 0 spiro atoms. The molecule has 0 bridgehead atoms. The maximum atomic E-state index is 12.8. The minimum absolute atomic E-state index is 0. The van der Waals surface area contributed by atoms with E-state index in [0.717, 1.165) is 4.47 Å². The summed E-state index contributed by atoms with van der Waals surface area (Å²) in [5.74, 6) is 0. The zero-order valence-corrected chi connectivity index (χ0v) is 19.4. The van der Waals surface area contributed by atoms with Gasteiger partial charge in [0.25, 0.3) is 0 Å². The number of nitrogens with one attached hydrogen (secondary N) is 1. The minimum atomic E-state index is -3.95. The Labute approximate surface area is 201 Å². The number of para-hydroxylation sites is 2. The van der Waals surface area contributed by atoms with E-state index in [1.54, 1.807) is 36.4 Å². The average Bonchev–Trinajstić information content (AvgIpc) is 2.56. The number of anilines is 1. The van der Waals surface area contributed by atoms with Gasteiger partial charge in [-0.3, -0.25) is 4.99 Å². The molecule has 0 aromatic heterocycles. The predicted molar refractivity (Wildman–Crippen MR) is 97.0 cm³/mol. The van der Waals surface area contributed by atoms with Gasteiger partial charge in [-0.25, -0.2) is 14.5 Å². The molecule has 1 heterocycles. The van der Waals surface area contributed by atoms with Crippen molar-refractivity contribution in [3.63, 3.8) is 0 Å². The Kier molecular flexibility index (Phi) is 7.15. The molecule has 0 radical (unpaired) electrons. The van der Waals surface area contributed by atoms with E-state index in [9.17, 15) is 13.7 Å². The molecule has 0 saturated carbocycles. The SMILES string of the molecule is N#CC([C-]1Nc2ccccc2N=C1Cl)S(=O)(=O)c1ccc(Br)cc1.[K+]. The van der Waals surface area contributed by atoms with Crippen molar-refractivity contribution >= 4 is 53.9 Å². The molecule has 0 fully saturated rings. The van der Waals surface area contributed by atoms with Gasteiger partial charge >= 0.3 is 51.4 Å². The fraction of sp³-hybridized carbons (Fsp3) is 0.0625. The van der Waals surface area contributed by atoms with Crippen LogP contribution in [-0.2, 0) is 9.84 Å². The second-order valence-corrected chi connectivity index (χ2v) is 8.27. The number of nitriles is 1. The maximum absolute atomic E-state index is 12.8. The summed E-state index contributed by atoms with van der Waals surface area (Å²) >= 11 is 9.38. The van der Waals surface area contributed by atoms with E-state index in [2.05, 4.69) is 26.2 Å². The summed E-state index contributed by atoms with van der Waals surface area (Å²) < 4.78 is 26.4. The first-order chi connectivity index (χ1) is 11.4. The van der Waals surface area contributed by atoms with Gasteiger partial charge in [0.1, 0.15) is 0 Å². The van der Waals surface area contributed by atoms with E-state index in [-0.39, 0.29) is 67.5 Å². The number of fused-ring (bicyclic) bond motifs is 1. The molecule has 5 nitrogen and oxygen atoms in total. The van der Waals surface area contributed by atoms with Crippen molar-refractivity contribution in [3.05, 3.63) is 59.0 Å². The largest absolute Gasteiger partial charge is 1.00 e. The Morgan fingerprint density at radius 1 is 1.20 bits per heavy atom. The van der Waals surface area contributed by atoms with E-state index in [0.29, 0.717) is 11.4 Å². The summed E-state index contributed by atoms with van der Waals surface area (Å²) in [5.41, 5.74) is 1.19. The fourth-order valence-corrected chi connectivity index (χ4v) is 4.25. The summed E-state index contributed by atoms with van der Waals surface area (Å²) in [7, 11) is -3.95.